The molecule has 27 heavy (non-hydrogen) atoms. The van der Waals surface area contributed by atoms with Crippen LogP contribution < -0.4 is 0 Å². The number of halogens is 1. The van der Waals surface area contributed by atoms with Gasteiger partial charge in [0, 0.05) is 49.7 Å². The van der Waals surface area contributed by atoms with Gasteiger partial charge in [-0.2, -0.15) is 0 Å². The number of rotatable bonds is 4. The molecule has 1 aromatic carbocycles. The minimum Gasteiger partial charge on any atom is -0.361 e. The van der Waals surface area contributed by atoms with Crippen molar-refractivity contribution in [2.24, 2.45) is 11.8 Å². The Morgan fingerprint density at radius 1 is 1.30 bits per heavy atom. The monoisotopic (exact) mass is 371 g/mol. The Hall–Kier alpha value is -2.37. The number of benzene rings is 1. The van der Waals surface area contributed by atoms with Crippen LogP contribution in [0, 0.1) is 17.7 Å². The molecule has 1 N–H and O–H groups in total. The van der Waals surface area contributed by atoms with E-state index >= 15 is 0 Å². The second-order valence-electron chi connectivity index (χ2n) is 8.00. The van der Waals surface area contributed by atoms with Gasteiger partial charge >= 0.3 is 0 Å². The molecule has 1 aromatic heterocycles. The first-order chi connectivity index (χ1) is 13.0. The van der Waals surface area contributed by atoms with E-state index in [0.29, 0.717) is 31.8 Å². The number of fused-ring (bicyclic) bond motifs is 1. The maximum Gasteiger partial charge on any atom is 0.227 e. The number of piperidine rings is 1. The van der Waals surface area contributed by atoms with Gasteiger partial charge in [-0.05, 0) is 48.9 Å². The predicted octanol–water partition coefficient (Wildman–Crippen LogP) is 2.96. The highest BCUT2D eigenvalue weighted by molar-refractivity contribution is 5.89. The second-order valence-corrected chi connectivity index (χ2v) is 8.00. The molecule has 0 saturated carbocycles. The zero-order valence-electron chi connectivity index (χ0n) is 15.7. The van der Waals surface area contributed by atoms with Gasteiger partial charge in [0.15, 0.2) is 0 Å². The van der Waals surface area contributed by atoms with E-state index in [4.69, 9.17) is 0 Å². The number of hydrogen-bond acceptors (Lipinski definition) is 2. The van der Waals surface area contributed by atoms with Crippen LogP contribution in [0.3, 0.4) is 0 Å². The first kappa shape index (κ1) is 18.0. The number of carbonyl (C=O) groups is 2. The van der Waals surface area contributed by atoms with Crippen LogP contribution in [-0.4, -0.2) is 52.8 Å². The highest BCUT2D eigenvalue weighted by Gasteiger charge is 2.36. The number of amides is 2. The molecule has 144 valence electrons. The highest BCUT2D eigenvalue weighted by Crippen LogP contribution is 2.25. The molecule has 2 aliphatic heterocycles. The van der Waals surface area contributed by atoms with Gasteiger partial charge in [0.1, 0.15) is 5.82 Å². The molecule has 4 rings (SSSR count). The average Bonchev–Trinajstić information content (AvgIpc) is 3.23. The number of nitrogens with one attached hydrogen (secondary N) is 1. The summed E-state index contributed by atoms with van der Waals surface area (Å²) in [6.45, 7) is 4.90. The number of nitrogens with zero attached hydrogens (tertiary/aromatic N) is 2. The van der Waals surface area contributed by atoms with E-state index in [1.807, 2.05) is 11.1 Å². The van der Waals surface area contributed by atoms with Gasteiger partial charge in [-0.15, -0.1) is 0 Å². The number of carbonyl (C=O) groups excluding carboxylic acids is 2. The molecule has 0 radical (unpaired) electrons. The summed E-state index contributed by atoms with van der Waals surface area (Å²) in [6, 6.07) is 4.68. The molecule has 5 nitrogen and oxygen atoms in total. The topological polar surface area (TPSA) is 56.4 Å². The summed E-state index contributed by atoms with van der Waals surface area (Å²) in [6.07, 6.45) is 4.94. The van der Waals surface area contributed by atoms with Crippen LogP contribution in [0.4, 0.5) is 4.39 Å². The number of H-pyrrole nitrogens is 1. The van der Waals surface area contributed by atoms with Crippen molar-refractivity contribution in [2.75, 3.05) is 26.2 Å². The van der Waals surface area contributed by atoms with Crippen molar-refractivity contribution < 1.29 is 14.0 Å². The lowest BCUT2D eigenvalue weighted by Gasteiger charge is -2.32. The fourth-order valence-corrected chi connectivity index (χ4v) is 4.25. The third-order valence-electron chi connectivity index (χ3n) is 6.04. The van der Waals surface area contributed by atoms with E-state index in [1.165, 1.54) is 12.1 Å². The zero-order chi connectivity index (χ0) is 19.0. The van der Waals surface area contributed by atoms with Crippen LogP contribution in [0.5, 0.6) is 0 Å². The normalized spacial score (nSPS) is 21.4. The summed E-state index contributed by atoms with van der Waals surface area (Å²) in [4.78, 5) is 32.0. The van der Waals surface area contributed by atoms with Gasteiger partial charge in [-0.1, -0.05) is 6.92 Å². The smallest absolute Gasteiger partial charge is 0.227 e. The number of aromatic nitrogens is 1. The third-order valence-corrected chi connectivity index (χ3v) is 6.04. The Labute approximate surface area is 158 Å². The Bertz CT molecular complexity index is 854. The molecule has 1 atom stereocenters. The summed E-state index contributed by atoms with van der Waals surface area (Å²) < 4.78 is 13.5. The van der Waals surface area contributed by atoms with E-state index in [2.05, 4.69) is 11.9 Å². The summed E-state index contributed by atoms with van der Waals surface area (Å²) in [5.74, 6) is 0.377. The lowest BCUT2D eigenvalue weighted by Crippen LogP contribution is -2.42. The van der Waals surface area contributed by atoms with E-state index in [-0.39, 0.29) is 23.5 Å². The fraction of sp³-hybridized carbons (Fsp3) is 0.524. The highest BCUT2D eigenvalue weighted by atomic mass is 19.1. The first-order valence-electron chi connectivity index (χ1n) is 9.83. The van der Waals surface area contributed by atoms with Gasteiger partial charge in [0.05, 0.1) is 5.92 Å². The molecule has 2 aromatic rings. The number of aromatic amines is 1. The van der Waals surface area contributed by atoms with Gasteiger partial charge in [-0.3, -0.25) is 9.59 Å². The number of hydrogen-bond donors (Lipinski definition) is 1. The van der Waals surface area contributed by atoms with Crippen molar-refractivity contribution in [3.63, 3.8) is 0 Å². The van der Waals surface area contributed by atoms with E-state index in [1.54, 1.807) is 11.0 Å². The van der Waals surface area contributed by atoms with Crippen molar-refractivity contribution in [1.29, 1.82) is 0 Å². The maximum atomic E-state index is 13.5. The van der Waals surface area contributed by atoms with Crippen molar-refractivity contribution in [1.82, 2.24) is 14.8 Å². The minimum atomic E-state index is -0.262. The Balaban J connectivity index is 1.36. The molecule has 0 bridgehead atoms. The molecule has 0 spiro atoms. The predicted molar refractivity (Wildman–Crippen MR) is 102 cm³/mol. The minimum absolute atomic E-state index is 0.0461. The Morgan fingerprint density at radius 3 is 2.85 bits per heavy atom. The fourth-order valence-electron chi connectivity index (χ4n) is 4.25. The van der Waals surface area contributed by atoms with Crippen LogP contribution in [0.2, 0.25) is 0 Å². The quantitative estimate of drug-likeness (QED) is 0.898. The first-order valence-corrected chi connectivity index (χ1v) is 9.83. The summed E-state index contributed by atoms with van der Waals surface area (Å²) in [5, 5.41) is 0.858. The molecule has 2 amide bonds. The molecule has 2 fully saturated rings. The van der Waals surface area contributed by atoms with Crippen molar-refractivity contribution in [2.45, 2.75) is 32.6 Å². The largest absolute Gasteiger partial charge is 0.361 e. The SMILES string of the molecule is CC1CCN(C(=O)[C@@H]2CC(=O)N(CCc3c[nH]c4ccc(F)cc34)C2)CC1. The zero-order valence-corrected chi connectivity index (χ0v) is 15.7. The molecule has 3 heterocycles. The van der Waals surface area contributed by atoms with Gasteiger partial charge in [-0.25, -0.2) is 4.39 Å². The number of likely N-dealkylation sites (tertiary alicyclic amines) is 2. The lowest BCUT2D eigenvalue weighted by atomic mass is 9.97. The van der Waals surface area contributed by atoms with Gasteiger partial charge < -0.3 is 14.8 Å². The van der Waals surface area contributed by atoms with Crippen LogP contribution in [-0.2, 0) is 16.0 Å². The van der Waals surface area contributed by atoms with E-state index in [0.717, 1.165) is 42.4 Å². The van der Waals surface area contributed by atoms with E-state index < -0.39 is 0 Å². The average molecular weight is 371 g/mol. The Kier molecular flexibility index (Phi) is 4.89. The van der Waals surface area contributed by atoms with Gasteiger partial charge in [0.25, 0.3) is 0 Å². The molecule has 0 aliphatic carbocycles. The van der Waals surface area contributed by atoms with Crippen molar-refractivity contribution in [3.8, 4) is 0 Å². The van der Waals surface area contributed by atoms with Crippen molar-refractivity contribution >= 4 is 22.7 Å². The summed E-state index contributed by atoms with van der Waals surface area (Å²) in [7, 11) is 0. The molecular formula is C21H26FN3O2. The summed E-state index contributed by atoms with van der Waals surface area (Å²) in [5.41, 5.74) is 1.89. The second kappa shape index (κ2) is 7.33. The molecule has 0 unspecified atom stereocenters. The van der Waals surface area contributed by atoms with Crippen LogP contribution >= 0.6 is 0 Å². The molecule has 6 heteroatoms. The van der Waals surface area contributed by atoms with Gasteiger partial charge in [0.2, 0.25) is 11.8 Å². The molecular weight excluding hydrogens is 345 g/mol. The summed E-state index contributed by atoms with van der Waals surface area (Å²) >= 11 is 0. The van der Waals surface area contributed by atoms with E-state index in [9.17, 15) is 14.0 Å². The van der Waals surface area contributed by atoms with Crippen LogP contribution in [0.1, 0.15) is 31.7 Å². The Morgan fingerprint density at radius 2 is 2.07 bits per heavy atom. The lowest BCUT2D eigenvalue weighted by molar-refractivity contribution is -0.137. The third kappa shape index (κ3) is 3.70. The molecule has 2 saturated heterocycles. The van der Waals surface area contributed by atoms with Crippen molar-refractivity contribution in [3.05, 3.63) is 35.8 Å². The standard InChI is InChI=1S/C21H26FN3O2/c1-14-4-7-24(8-5-14)21(27)16-10-20(26)25(13-16)9-6-15-12-23-19-3-2-17(22)11-18(15)19/h2-3,11-12,14,16,23H,4-10,13H2,1H3/t16-/m1/s1. The van der Waals surface area contributed by atoms with Crippen LogP contribution in [0.15, 0.2) is 24.4 Å². The van der Waals surface area contributed by atoms with Crippen LogP contribution in [0.25, 0.3) is 10.9 Å². The molecule has 2 aliphatic rings. The maximum absolute atomic E-state index is 13.5.